The van der Waals surface area contributed by atoms with Crippen LogP contribution >= 0.6 is 11.6 Å². The van der Waals surface area contributed by atoms with Crippen LogP contribution < -0.4 is 4.72 Å². The Morgan fingerprint density at radius 3 is 2.46 bits per heavy atom. The average Bonchev–Trinajstić information content (AvgIpc) is 2.52. The van der Waals surface area contributed by atoms with Crippen molar-refractivity contribution in [2.75, 3.05) is 0 Å². The minimum Gasteiger partial charge on any atom is -0.299 e. The van der Waals surface area contributed by atoms with Crippen molar-refractivity contribution in [2.45, 2.75) is 64.2 Å². The van der Waals surface area contributed by atoms with Crippen LogP contribution in [0.1, 0.15) is 65.0 Å². The first-order valence-electron chi connectivity index (χ1n) is 8.70. The molecule has 1 aliphatic carbocycles. The highest BCUT2D eigenvalue weighted by Crippen LogP contribution is 2.39. The Kier molecular flexibility index (Phi) is 6.63. The molecule has 0 heterocycles. The number of rotatable bonds is 5. The van der Waals surface area contributed by atoms with Crippen molar-refractivity contribution < 1.29 is 9.00 Å². The molecule has 0 bridgehead atoms. The minimum atomic E-state index is -1.24. The molecule has 0 radical (unpaired) electrons. The molecular formula is C19H28ClNO2S. The van der Waals surface area contributed by atoms with Gasteiger partial charge in [-0.3, -0.25) is 4.79 Å². The van der Waals surface area contributed by atoms with E-state index in [2.05, 4.69) is 11.6 Å². The molecule has 1 saturated carbocycles. The molecule has 0 unspecified atom stereocenters. The number of carbonyl (C=O) groups is 1. The van der Waals surface area contributed by atoms with Crippen LogP contribution in [0.2, 0.25) is 5.02 Å². The van der Waals surface area contributed by atoms with Gasteiger partial charge in [-0.25, -0.2) is 8.93 Å². The third kappa shape index (κ3) is 4.68. The lowest BCUT2D eigenvalue weighted by Crippen LogP contribution is -2.44. The maximum absolute atomic E-state index is 12.7. The maximum Gasteiger partial charge on any atom is 0.138 e. The predicted octanol–water partition coefficient (Wildman–Crippen LogP) is 4.83. The highest BCUT2D eigenvalue weighted by atomic mass is 35.5. The number of nitrogens with one attached hydrogen (secondary N) is 1. The second-order valence-electron chi connectivity index (χ2n) is 7.58. The summed E-state index contributed by atoms with van der Waals surface area (Å²) in [5.41, 5.74) is 0.982. The van der Waals surface area contributed by atoms with Crippen molar-refractivity contribution in [3.63, 3.8) is 0 Å². The first-order valence-corrected chi connectivity index (χ1v) is 10.2. The lowest BCUT2D eigenvalue weighted by Gasteiger charge is -2.37. The van der Waals surface area contributed by atoms with Gasteiger partial charge in [-0.15, -0.1) is 0 Å². The largest absolute Gasteiger partial charge is 0.299 e. The van der Waals surface area contributed by atoms with E-state index in [-0.39, 0.29) is 22.5 Å². The Labute approximate surface area is 153 Å². The van der Waals surface area contributed by atoms with E-state index < -0.39 is 11.0 Å². The minimum absolute atomic E-state index is 0.128. The Morgan fingerprint density at radius 1 is 1.29 bits per heavy atom. The van der Waals surface area contributed by atoms with Crippen LogP contribution in [0.4, 0.5) is 0 Å². The lowest BCUT2D eigenvalue weighted by molar-refractivity contribution is -0.127. The second kappa shape index (κ2) is 8.11. The number of ketones is 1. The molecule has 0 aliphatic heterocycles. The second-order valence-corrected chi connectivity index (χ2v) is 10.0. The van der Waals surface area contributed by atoms with Crippen LogP contribution in [0, 0.1) is 11.8 Å². The molecule has 0 saturated heterocycles. The molecule has 1 aromatic carbocycles. The molecule has 5 heteroatoms. The molecule has 1 fully saturated rings. The standard InChI is InChI=1S/C19H28ClNO2S/c1-5-13-7-6-8-16(22)17(13)18(21-24(23)19(2,3)4)14-9-11-15(20)12-10-14/h9-13,17-18,21H,5-8H2,1-4H3/t13-,17+,18+,24+/m0/s1. The number of carbonyl (C=O) groups excluding carboxylic acids is 1. The Balaban J connectivity index is 2.39. The van der Waals surface area contributed by atoms with Gasteiger partial charge in [0.25, 0.3) is 0 Å². The molecule has 0 spiro atoms. The summed E-state index contributed by atoms with van der Waals surface area (Å²) in [4.78, 5) is 12.7. The van der Waals surface area contributed by atoms with Gasteiger partial charge in [0.15, 0.2) is 0 Å². The fourth-order valence-electron chi connectivity index (χ4n) is 3.37. The summed E-state index contributed by atoms with van der Waals surface area (Å²) in [5.74, 6) is 0.485. The Morgan fingerprint density at radius 2 is 1.92 bits per heavy atom. The normalized spacial score (nSPS) is 24.6. The maximum atomic E-state index is 12.7. The van der Waals surface area contributed by atoms with Gasteiger partial charge in [0.2, 0.25) is 0 Å². The molecule has 3 nitrogen and oxygen atoms in total. The molecular weight excluding hydrogens is 342 g/mol. The van der Waals surface area contributed by atoms with Crippen molar-refractivity contribution >= 4 is 28.4 Å². The number of Topliss-reactive ketones (excluding diaryl/α,β-unsaturated/α-hetero) is 1. The molecule has 4 atom stereocenters. The number of hydrogen-bond donors (Lipinski definition) is 1. The predicted molar refractivity (Wildman–Crippen MR) is 101 cm³/mol. The van der Waals surface area contributed by atoms with E-state index in [0.717, 1.165) is 24.8 Å². The van der Waals surface area contributed by atoms with Crippen LogP contribution in [-0.2, 0) is 15.8 Å². The van der Waals surface area contributed by atoms with E-state index in [9.17, 15) is 9.00 Å². The van der Waals surface area contributed by atoms with Gasteiger partial charge in [0.05, 0.1) is 21.8 Å². The van der Waals surface area contributed by atoms with E-state index in [1.54, 1.807) is 0 Å². The third-order valence-corrected chi connectivity index (χ3v) is 6.61. The zero-order valence-corrected chi connectivity index (χ0v) is 16.5. The highest BCUT2D eigenvalue weighted by molar-refractivity contribution is 7.84. The summed E-state index contributed by atoms with van der Waals surface area (Å²) < 4.78 is 15.6. The zero-order valence-electron chi connectivity index (χ0n) is 15.0. The van der Waals surface area contributed by atoms with Gasteiger partial charge >= 0.3 is 0 Å². The highest BCUT2D eigenvalue weighted by Gasteiger charge is 2.39. The van der Waals surface area contributed by atoms with Gasteiger partial charge < -0.3 is 0 Å². The monoisotopic (exact) mass is 369 g/mol. The van der Waals surface area contributed by atoms with Crippen molar-refractivity contribution in [3.8, 4) is 0 Å². The summed E-state index contributed by atoms with van der Waals surface area (Å²) in [5, 5.41) is 0.663. The fraction of sp³-hybridized carbons (Fsp3) is 0.632. The first-order chi connectivity index (χ1) is 11.2. The van der Waals surface area contributed by atoms with E-state index in [4.69, 9.17) is 11.6 Å². The van der Waals surface area contributed by atoms with Gasteiger partial charge in [-0.05, 0) is 57.2 Å². The van der Waals surface area contributed by atoms with Crippen LogP contribution in [0.25, 0.3) is 0 Å². The first kappa shape index (κ1) is 19.6. The molecule has 0 aromatic heterocycles. The topological polar surface area (TPSA) is 46.2 Å². The zero-order chi connectivity index (χ0) is 17.9. The SMILES string of the molecule is CC[C@H]1CCCC(=O)[C@@H]1[C@H](N[S@](=O)C(C)(C)C)c1ccc(Cl)cc1. The lowest BCUT2D eigenvalue weighted by atomic mass is 9.72. The number of hydrogen-bond acceptors (Lipinski definition) is 2. The van der Waals surface area contributed by atoms with Crippen molar-refractivity contribution in [3.05, 3.63) is 34.9 Å². The molecule has 1 N–H and O–H groups in total. The van der Waals surface area contributed by atoms with Crippen LogP contribution in [0.15, 0.2) is 24.3 Å². The van der Waals surface area contributed by atoms with E-state index in [0.29, 0.717) is 17.4 Å². The number of benzene rings is 1. The summed E-state index contributed by atoms with van der Waals surface area (Å²) in [6, 6.07) is 7.31. The van der Waals surface area contributed by atoms with Gasteiger partial charge in [0, 0.05) is 17.4 Å². The van der Waals surface area contributed by atoms with E-state index >= 15 is 0 Å². The van der Waals surface area contributed by atoms with Gasteiger partial charge in [-0.1, -0.05) is 37.1 Å². The van der Waals surface area contributed by atoms with Crippen LogP contribution in [-0.4, -0.2) is 14.7 Å². The summed E-state index contributed by atoms with van der Waals surface area (Å²) in [6.45, 7) is 7.95. The van der Waals surface area contributed by atoms with Crippen LogP contribution in [0.3, 0.4) is 0 Å². The van der Waals surface area contributed by atoms with Crippen molar-refractivity contribution in [2.24, 2.45) is 11.8 Å². The number of halogens is 1. The summed E-state index contributed by atoms with van der Waals surface area (Å²) >= 11 is 6.02. The van der Waals surface area contributed by atoms with E-state index in [1.807, 2.05) is 45.0 Å². The molecule has 1 aliphatic rings. The van der Waals surface area contributed by atoms with Crippen LogP contribution in [0.5, 0.6) is 0 Å². The van der Waals surface area contributed by atoms with Gasteiger partial charge in [0.1, 0.15) is 5.78 Å². The summed E-state index contributed by atoms with van der Waals surface area (Å²) in [6.07, 6.45) is 3.60. The molecule has 0 amide bonds. The molecule has 2 rings (SSSR count). The Hall–Kier alpha value is -0.710. The quantitative estimate of drug-likeness (QED) is 0.808. The smallest absolute Gasteiger partial charge is 0.138 e. The summed E-state index contributed by atoms with van der Waals surface area (Å²) in [7, 11) is -1.24. The molecule has 1 aromatic rings. The van der Waals surface area contributed by atoms with Crippen molar-refractivity contribution in [1.29, 1.82) is 0 Å². The molecule has 134 valence electrons. The Bertz CT molecular complexity index is 594. The average molecular weight is 370 g/mol. The fourth-order valence-corrected chi connectivity index (χ4v) is 4.37. The van der Waals surface area contributed by atoms with Crippen molar-refractivity contribution in [1.82, 2.24) is 4.72 Å². The van der Waals surface area contributed by atoms with E-state index in [1.165, 1.54) is 0 Å². The third-order valence-electron chi connectivity index (χ3n) is 4.78. The molecule has 24 heavy (non-hydrogen) atoms. The van der Waals surface area contributed by atoms with Gasteiger partial charge in [-0.2, -0.15) is 0 Å².